The Morgan fingerprint density at radius 3 is 2.60 bits per heavy atom. The predicted molar refractivity (Wildman–Crippen MR) is 84.4 cm³/mol. The second-order valence-corrected chi connectivity index (χ2v) is 7.38. The lowest BCUT2D eigenvalue weighted by atomic mass is 9.91. The average molecular weight is 285 g/mol. The van der Waals surface area contributed by atoms with Gasteiger partial charge in [0, 0.05) is 10.4 Å². The van der Waals surface area contributed by atoms with Gasteiger partial charge in [-0.2, -0.15) is 0 Å². The van der Waals surface area contributed by atoms with Crippen LogP contribution in [-0.4, -0.2) is 11.4 Å². The third kappa shape index (κ3) is 2.50. The number of carbonyl (C=O) groups is 1. The summed E-state index contributed by atoms with van der Waals surface area (Å²) in [4.78, 5) is 14.4. The highest BCUT2D eigenvalue weighted by Gasteiger charge is 2.23. The Bertz CT molecular complexity index is 664. The van der Waals surface area contributed by atoms with Gasteiger partial charge in [-0.3, -0.25) is 4.79 Å². The molecule has 20 heavy (non-hydrogen) atoms. The molecule has 1 aliphatic carbocycles. The first-order chi connectivity index (χ1) is 9.44. The Kier molecular flexibility index (Phi) is 3.17. The van der Waals surface area contributed by atoms with Gasteiger partial charge in [-0.05, 0) is 56.4 Å². The molecular weight excluding hydrogens is 266 g/mol. The maximum absolute atomic E-state index is 12.3. The summed E-state index contributed by atoms with van der Waals surface area (Å²) in [7, 11) is 0. The fourth-order valence-corrected chi connectivity index (χ4v) is 3.75. The van der Waals surface area contributed by atoms with E-state index < -0.39 is 0 Å². The molecule has 1 aromatic heterocycles. The average Bonchev–Trinajstić information content (AvgIpc) is 2.81. The summed E-state index contributed by atoms with van der Waals surface area (Å²) in [6.45, 7) is 6.02. The highest BCUT2D eigenvalue weighted by molar-refractivity contribution is 7.17. The molecular formula is C17H19NOS. The van der Waals surface area contributed by atoms with Crippen molar-refractivity contribution in [1.82, 2.24) is 5.32 Å². The highest BCUT2D eigenvalue weighted by Crippen LogP contribution is 2.39. The van der Waals surface area contributed by atoms with E-state index in [0.717, 1.165) is 17.7 Å². The van der Waals surface area contributed by atoms with Crippen molar-refractivity contribution in [3.63, 3.8) is 0 Å². The van der Waals surface area contributed by atoms with E-state index in [-0.39, 0.29) is 11.4 Å². The van der Waals surface area contributed by atoms with Crippen LogP contribution in [0.3, 0.4) is 0 Å². The lowest BCUT2D eigenvalue weighted by molar-refractivity contribution is 0.0923. The molecule has 3 rings (SSSR count). The molecule has 1 aromatic carbocycles. The maximum Gasteiger partial charge on any atom is 0.261 e. The summed E-state index contributed by atoms with van der Waals surface area (Å²) in [6.07, 6.45) is 2.10. The zero-order valence-electron chi connectivity index (χ0n) is 12.1. The lowest BCUT2D eigenvalue weighted by Crippen LogP contribution is -2.40. The van der Waals surface area contributed by atoms with Crippen molar-refractivity contribution in [3.05, 3.63) is 46.3 Å². The van der Waals surface area contributed by atoms with Crippen LogP contribution in [0.5, 0.6) is 0 Å². The number of fused-ring (bicyclic) bond motifs is 3. The van der Waals surface area contributed by atoms with Gasteiger partial charge < -0.3 is 5.32 Å². The monoisotopic (exact) mass is 285 g/mol. The van der Waals surface area contributed by atoms with Crippen LogP contribution in [0.4, 0.5) is 0 Å². The molecule has 2 aromatic rings. The number of hydrogen-bond acceptors (Lipinski definition) is 2. The summed E-state index contributed by atoms with van der Waals surface area (Å²) >= 11 is 1.61. The number of benzene rings is 1. The first-order valence-corrected chi connectivity index (χ1v) is 7.79. The third-order valence-electron chi connectivity index (χ3n) is 3.45. The Labute approximate surface area is 123 Å². The molecule has 3 heteroatoms. The second-order valence-electron chi connectivity index (χ2n) is 6.33. The van der Waals surface area contributed by atoms with Gasteiger partial charge in [0.1, 0.15) is 0 Å². The molecule has 1 aliphatic rings. The minimum Gasteiger partial charge on any atom is -0.347 e. The van der Waals surface area contributed by atoms with E-state index in [1.165, 1.54) is 21.6 Å². The predicted octanol–water partition coefficient (Wildman–Crippen LogP) is 4.04. The molecule has 0 saturated carbocycles. The largest absolute Gasteiger partial charge is 0.347 e. The molecule has 1 N–H and O–H groups in total. The van der Waals surface area contributed by atoms with E-state index >= 15 is 0 Å². The van der Waals surface area contributed by atoms with Gasteiger partial charge in [0.25, 0.3) is 5.91 Å². The Hall–Kier alpha value is -1.61. The molecule has 0 radical (unpaired) electrons. The van der Waals surface area contributed by atoms with E-state index in [1.807, 2.05) is 20.8 Å². The molecule has 0 saturated heterocycles. The standard InChI is InChI=1S/C17H19NOS/c1-17(2,3)18-16(19)14-10-12-9-8-11-6-4-5-7-13(11)15(12)20-14/h4-7,10H,8-9H2,1-3H3,(H,18,19). The van der Waals surface area contributed by atoms with Crippen LogP contribution in [0.15, 0.2) is 30.3 Å². The zero-order valence-corrected chi connectivity index (χ0v) is 12.9. The van der Waals surface area contributed by atoms with Crippen molar-refractivity contribution in [1.29, 1.82) is 0 Å². The Morgan fingerprint density at radius 1 is 1.15 bits per heavy atom. The minimum absolute atomic E-state index is 0.0365. The fraction of sp³-hybridized carbons (Fsp3) is 0.353. The van der Waals surface area contributed by atoms with Crippen LogP contribution in [-0.2, 0) is 12.8 Å². The van der Waals surface area contributed by atoms with Crippen LogP contribution in [0.1, 0.15) is 41.6 Å². The summed E-state index contributed by atoms with van der Waals surface area (Å²) in [6, 6.07) is 10.6. The van der Waals surface area contributed by atoms with E-state index in [9.17, 15) is 4.79 Å². The quantitative estimate of drug-likeness (QED) is 0.841. The maximum atomic E-state index is 12.3. The van der Waals surface area contributed by atoms with Crippen LogP contribution in [0.25, 0.3) is 10.4 Å². The van der Waals surface area contributed by atoms with Gasteiger partial charge in [-0.15, -0.1) is 11.3 Å². The smallest absolute Gasteiger partial charge is 0.261 e. The van der Waals surface area contributed by atoms with Gasteiger partial charge in [0.05, 0.1) is 4.88 Å². The number of aryl methyl sites for hydroxylation is 2. The SMILES string of the molecule is CC(C)(C)NC(=O)c1cc2c(s1)-c1ccccc1CC2. The van der Waals surface area contributed by atoms with Crippen LogP contribution in [0, 0.1) is 0 Å². The highest BCUT2D eigenvalue weighted by atomic mass is 32.1. The van der Waals surface area contributed by atoms with Gasteiger partial charge in [0.2, 0.25) is 0 Å². The van der Waals surface area contributed by atoms with Gasteiger partial charge in [-0.25, -0.2) is 0 Å². The fourth-order valence-electron chi connectivity index (χ4n) is 2.59. The van der Waals surface area contributed by atoms with Crippen molar-refractivity contribution in [2.75, 3.05) is 0 Å². The molecule has 0 aliphatic heterocycles. The molecule has 0 bridgehead atoms. The number of carbonyl (C=O) groups excluding carboxylic acids is 1. The molecule has 0 atom stereocenters. The lowest BCUT2D eigenvalue weighted by Gasteiger charge is -2.19. The normalized spacial score (nSPS) is 13.6. The topological polar surface area (TPSA) is 29.1 Å². The van der Waals surface area contributed by atoms with Crippen molar-refractivity contribution in [2.45, 2.75) is 39.2 Å². The first-order valence-electron chi connectivity index (χ1n) is 6.97. The minimum atomic E-state index is -0.195. The molecule has 0 unspecified atom stereocenters. The summed E-state index contributed by atoms with van der Waals surface area (Å²) in [5.74, 6) is 0.0365. The molecule has 0 spiro atoms. The van der Waals surface area contributed by atoms with Gasteiger partial charge in [0.15, 0.2) is 0 Å². The number of amides is 1. The molecule has 1 heterocycles. The third-order valence-corrected chi connectivity index (χ3v) is 4.66. The number of thiophene rings is 1. The molecule has 1 amide bonds. The van der Waals surface area contributed by atoms with Crippen molar-refractivity contribution in [2.24, 2.45) is 0 Å². The summed E-state index contributed by atoms with van der Waals surface area (Å²) in [5, 5.41) is 3.04. The van der Waals surface area contributed by atoms with Crippen LogP contribution in [0.2, 0.25) is 0 Å². The van der Waals surface area contributed by atoms with E-state index in [1.54, 1.807) is 11.3 Å². The van der Waals surface area contributed by atoms with Crippen molar-refractivity contribution >= 4 is 17.2 Å². The molecule has 104 valence electrons. The molecule has 0 fully saturated rings. The van der Waals surface area contributed by atoms with E-state index in [2.05, 4.69) is 35.6 Å². The number of rotatable bonds is 1. The Balaban J connectivity index is 1.97. The van der Waals surface area contributed by atoms with E-state index in [4.69, 9.17) is 0 Å². The Morgan fingerprint density at radius 2 is 1.85 bits per heavy atom. The zero-order chi connectivity index (χ0) is 14.3. The molecule has 2 nitrogen and oxygen atoms in total. The van der Waals surface area contributed by atoms with E-state index in [0.29, 0.717) is 0 Å². The second kappa shape index (κ2) is 4.74. The van der Waals surface area contributed by atoms with Crippen LogP contribution < -0.4 is 5.32 Å². The van der Waals surface area contributed by atoms with Gasteiger partial charge in [-0.1, -0.05) is 24.3 Å². The number of hydrogen-bond donors (Lipinski definition) is 1. The van der Waals surface area contributed by atoms with Crippen molar-refractivity contribution in [3.8, 4) is 10.4 Å². The first kappa shape index (κ1) is 13.4. The van der Waals surface area contributed by atoms with Crippen LogP contribution >= 0.6 is 11.3 Å². The summed E-state index contributed by atoms with van der Waals surface area (Å²) < 4.78 is 0. The number of nitrogens with one attached hydrogen (secondary N) is 1. The summed E-state index contributed by atoms with van der Waals surface area (Å²) in [5.41, 5.74) is 3.81. The van der Waals surface area contributed by atoms with Crippen molar-refractivity contribution < 1.29 is 4.79 Å². The van der Waals surface area contributed by atoms with Gasteiger partial charge >= 0.3 is 0 Å².